The highest BCUT2D eigenvalue weighted by Crippen LogP contribution is 2.20. The molecule has 140 valence electrons. The summed E-state index contributed by atoms with van der Waals surface area (Å²) >= 11 is 3.44. The molecule has 0 bridgehead atoms. The number of pyridine rings is 1. The van der Waals surface area contributed by atoms with Crippen LogP contribution in [0.3, 0.4) is 0 Å². The van der Waals surface area contributed by atoms with E-state index in [9.17, 15) is 4.79 Å². The summed E-state index contributed by atoms with van der Waals surface area (Å²) in [5.74, 6) is 0.597. The van der Waals surface area contributed by atoms with Gasteiger partial charge in [-0.25, -0.2) is 0 Å². The molecular weight excluding hydrogens is 418 g/mol. The maximum atomic E-state index is 12.5. The van der Waals surface area contributed by atoms with Gasteiger partial charge < -0.3 is 15.0 Å². The zero-order chi connectivity index (χ0) is 19.3. The van der Waals surface area contributed by atoms with E-state index < -0.39 is 0 Å². The summed E-state index contributed by atoms with van der Waals surface area (Å²) in [4.78, 5) is 19.9. The maximum absolute atomic E-state index is 12.5. The van der Waals surface area contributed by atoms with E-state index in [-0.39, 0.29) is 5.91 Å². The van der Waals surface area contributed by atoms with E-state index >= 15 is 0 Å². The van der Waals surface area contributed by atoms with Gasteiger partial charge in [0.05, 0.1) is 5.69 Å². The zero-order valence-electron chi connectivity index (χ0n) is 15.0. The van der Waals surface area contributed by atoms with Gasteiger partial charge in [0.15, 0.2) is 0 Å². The lowest BCUT2D eigenvalue weighted by molar-refractivity contribution is 0.0946. The number of rotatable bonds is 6. The molecule has 0 aliphatic carbocycles. The molecule has 0 aliphatic rings. The zero-order valence-corrected chi connectivity index (χ0v) is 16.6. The quantitative estimate of drug-likeness (QED) is 0.455. The van der Waals surface area contributed by atoms with Crippen LogP contribution in [0.2, 0.25) is 0 Å². The second kappa shape index (κ2) is 8.27. The van der Waals surface area contributed by atoms with Crippen molar-refractivity contribution in [2.24, 2.45) is 0 Å². The van der Waals surface area contributed by atoms with Crippen molar-refractivity contribution >= 4 is 32.7 Å². The maximum Gasteiger partial charge on any atom is 0.267 e. The first kappa shape index (κ1) is 18.3. The molecule has 1 amide bonds. The number of benzene rings is 2. The van der Waals surface area contributed by atoms with Crippen LogP contribution in [0.4, 0.5) is 0 Å². The molecule has 0 spiro atoms. The van der Waals surface area contributed by atoms with E-state index in [1.807, 2.05) is 66.7 Å². The van der Waals surface area contributed by atoms with Gasteiger partial charge in [0.2, 0.25) is 0 Å². The fourth-order valence-corrected chi connectivity index (χ4v) is 3.25. The minimum Gasteiger partial charge on any atom is -0.487 e. The van der Waals surface area contributed by atoms with Crippen molar-refractivity contribution in [1.82, 2.24) is 15.3 Å². The second-order valence-corrected chi connectivity index (χ2v) is 7.27. The first-order valence-corrected chi connectivity index (χ1v) is 9.65. The first-order valence-electron chi connectivity index (χ1n) is 8.85. The molecular formula is C22H18BrN3O2. The fourth-order valence-electron chi connectivity index (χ4n) is 2.89. The van der Waals surface area contributed by atoms with Crippen molar-refractivity contribution in [3.05, 3.63) is 94.4 Å². The lowest BCUT2D eigenvalue weighted by Crippen LogP contribution is -2.23. The third-order valence-electron chi connectivity index (χ3n) is 4.29. The summed E-state index contributed by atoms with van der Waals surface area (Å²) in [6.07, 6.45) is 1.74. The Morgan fingerprint density at radius 1 is 1.07 bits per heavy atom. The number of halogens is 1. The largest absolute Gasteiger partial charge is 0.487 e. The highest BCUT2D eigenvalue weighted by atomic mass is 79.9. The summed E-state index contributed by atoms with van der Waals surface area (Å²) in [5, 5.41) is 3.94. The van der Waals surface area contributed by atoms with Crippen LogP contribution in [-0.2, 0) is 13.2 Å². The number of H-pyrrole nitrogens is 1. The summed E-state index contributed by atoms with van der Waals surface area (Å²) < 4.78 is 6.76. The van der Waals surface area contributed by atoms with Gasteiger partial charge in [-0.05, 0) is 48.0 Å². The average Bonchev–Trinajstić information content (AvgIpc) is 3.15. The number of ether oxygens (including phenoxy) is 1. The Labute approximate surface area is 170 Å². The molecule has 0 aliphatic heterocycles. The summed E-state index contributed by atoms with van der Waals surface area (Å²) in [6.45, 7) is 0.819. The molecule has 6 heteroatoms. The lowest BCUT2D eigenvalue weighted by atomic mass is 10.2. The van der Waals surface area contributed by atoms with Gasteiger partial charge in [-0.3, -0.25) is 9.78 Å². The van der Waals surface area contributed by atoms with Crippen LogP contribution in [0.25, 0.3) is 10.9 Å². The molecule has 0 saturated carbocycles. The number of carbonyl (C=O) groups excluding carboxylic acids is 1. The van der Waals surface area contributed by atoms with Crippen molar-refractivity contribution in [1.29, 1.82) is 0 Å². The summed E-state index contributed by atoms with van der Waals surface area (Å²) in [5.41, 5.74) is 3.29. The highest BCUT2D eigenvalue weighted by molar-refractivity contribution is 9.10. The Balaban J connectivity index is 1.38. The van der Waals surface area contributed by atoms with E-state index in [2.05, 4.69) is 31.2 Å². The van der Waals surface area contributed by atoms with Crippen LogP contribution in [-0.4, -0.2) is 15.9 Å². The third-order valence-corrected chi connectivity index (χ3v) is 4.79. The lowest BCUT2D eigenvalue weighted by Gasteiger charge is -2.08. The molecule has 28 heavy (non-hydrogen) atoms. The number of nitrogens with one attached hydrogen (secondary N) is 2. The van der Waals surface area contributed by atoms with Gasteiger partial charge in [0.1, 0.15) is 18.1 Å². The number of amides is 1. The normalized spacial score (nSPS) is 10.8. The number of carbonyl (C=O) groups is 1. The number of fused-ring (bicyclic) bond motifs is 1. The topological polar surface area (TPSA) is 67.0 Å². The molecule has 2 aromatic heterocycles. The SMILES string of the molecule is O=C(NCc1cccc(OCc2ccccn2)c1)c1cc2ccc(Br)cc2[nH]1. The van der Waals surface area contributed by atoms with Crippen LogP contribution < -0.4 is 10.1 Å². The molecule has 0 saturated heterocycles. The van der Waals surface area contributed by atoms with Crippen molar-refractivity contribution < 1.29 is 9.53 Å². The molecule has 0 radical (unpaired) electrons. The van der Waals surface area contributed by atoms with E-state index in [0.29, 0.717) is 18.8 Å². The van der Waals surface area contributed by atoms with E-state index in [0.717, 1.165) is 32.4 Å². The fraction of sp³-hybridized carbons (Fsp3) is 0.0909. The molecule has 2 N–H and O–H groups in total. The van der Waals surface area contributed by atoms with Gasteiger partial charge in [-0.15, -0.1) is 0 Å². The Bertz CT molecular complexity index is 1110. The van der Waals surface area contributed by atoms with Gasteiger partial charge in [-0.1, -0.05) is 40.2 Å². The Hall–Kier alpha value is -3.12. The number of nitrogens with zero attached hydrogens (tertiary/aromatic N) is 1. The second-order valence-electron chi connectivity index (χ2n) is 6.35. The van der Waals surface area contributed by atoms with Crippen LogP contribution in [0.1, 0.15) is 21.7 Å². The Morgan fingerprint density at radius 2 is 2.00 bits per heavy atom. The van der Waals surface area contributed by atoms with Gasteiger partial charge in [-0.2, -0.15) is 0 Å². The smallest absolute Gasteiger partial charge is 0.267 e. The van der Waals surface area contributed by atoms with Crippen molar-refractivity contribution in [3.8, 4) is 5.75 Å². The molecule has 4 aromatic rings. The average molecular weight is 436 g/mol. The summed E-state index contributed by atoms with van der Waals surface area (Å²) in [6, 6.07) is 21.1. The van der Waals surface area contributed by atoms with Crippen LogP contribution in [0.15, 0.2) is 77.4 Å². The monoisotopic (exact) mass is 435 g/mol. The molecule has 4 rings (SSSR count). The third kappa shape index (κ3) is 4.40. The van der Waals surface area contributed by atoms with Gasteiger partial charge in [0, 0.05) is 28.1 Å². The standard InChI is InChI=1S/C22H18BrN3O2/c23-17-8-7-16-11-21(26-20(16)12-17)22(27)25-13-15-4-3-6-19(10-15)28-14-18-5-1-2-9-24-18/h1-12,26H,13-14H2,(H,25,27). The molecule has 0 unspecified atom stereocenters. The summed E-state index contributed by atoms with van der Waals surface area (Å²) in [7, 11) is 0. The molecule has 5 nitrogen and oxygen atoms in total. The van der Waals surface area contributed by atoms with Crippen molar-refractivity contribution in [2.45, 2.75) is 13.2 Å². The number of aromatic amines is 1. The van der Waals surface area contributed by atoms with Crippen LogP contribution in [0.5, 0.6) is 5.75 Å². The predicted molar refractivity (Wildman–Crippen MR) is 112 cm³/mol. The van der Waals surface area contributed by atoms with E-state index in [1.165, 1.54) is 0 Å². The van der Waals surface area contributed by atoms with Crippen molar-refractivity contribution in [2.75, 3.05) is 0 Å². The Kier molecular flexibility index (Phi) is 5.39. The number of hydrogen-bond acceptors (Lipinski definition) is 3. The number of hydrogen-bond donors (Lipinski definition) is 2. The van der Waals surface area contributed by atoms with Gasteiger partial charge in [0.25, 0.3) is 5.91 Å². The van der Waals surface area contributed by atoms with Crippen LogP contribution in [0, 0.1) is 0 Å². The van der Waals surface area contributed by atoms with Crippen molar-refractivity contribution in [3.63, 3.8) is 0 Å². The minimum atomic E-state index is -0.146. The molecule has 0 fully saturated rings. The molecule has 2 heterocycles. The molecule has 0 atom stereocenters. The van der Waals surface area contributed by atoms with E-state index in [1.54, 1.807) is 6.20 Å². The minimum absolute atomic E-state index is 0.146. The number of aromatic nitrogens is 2. The first-order chi connectivity index (χ1) is 13.7. The van der Waals surface area contributed by atoms with Crippen LogP contribution >= 0.6 is 15.9 Å². The Morgan fingerprint density at radius 3 is 2.86 bits per heavy atom. The van der Waals surface area contributed by atoms with E-state index in [4.69, 9.17) is 4.74 Å². The predicted octanol–water partition coefficient (Wildman–Crippen LogP) is 4.83. The highest BCUT2D eigenvalue weighted by Gasteiger charge is 2.10. The van der Waals surface area contributed by atoms with Gasteiger partial charge >= 0.3 is 0 Å². The molecule has 2 aromatic carbocycles.